The van der Waals surface area contributed by atoms with Crippen molar-refractivity contribution in [3.63, 3.8) is 0 Å². The molecule has 0 aromatic heterocycles. The normalized spacial score (nSPS) is 9.89. The van der Waals surface area contributed by atoms with Crippen LogP contribution in [-0.4, -0.2) is 0 Å². The Bertz CT molecular complexity index is 589. The van der Waals surface area contributed by atoms with Crippen molar-refractivity contribution in [3.8, 4) is 11.8 Å². The predicted octanol–water partition coefficient (Wildman–Crippen LogP) is 4.07. The van der Waals surface area contributed by atoms with Gasteiger partial charge in [-0.25, -0.2) is 0 Å². The summed E-state index contributed by atoms with van der Waals surface area (Å²) < 4.78 is 5.73. The molecule has 0 saturated carbocycles. The maximum Gasteiger partial charge on any atom is 0.120 e. The van der Waals surface area contributed by atoms with E-state index in [1.807, 2.05) is 48.5 Å². The maximum absolute atomic E-state index is 8.67. The van der Waals surface area contributed by atoms with Crippen LogP contribution in [0.3, 0.4) is 0 Å². The summed E-state index contributed by atoms with van der Waals surface area (Å²) in [5.41, 5.74) is 3.14. The molecule has 2 nitrogen and oxygen atoms in total. The number of nitriles is 1. The van der Waals surface area contributed by atoms with Gasteiger partial charge in [-0.15, -0.1) is 11.6 Å². The van der Waals surface area contributed by atoms with Crippen molar-refractivity contribution >= 4 is 11.6 Å². The summed E-state index contributed by atoms with van der Waals surface area (Å²) >= 11 is 5.80. The summed E-state index contributed by atoms with van der Waals surface area (Å²) in [6.45, 7) is 0.501. The third-order valence-corrected chi connectivity index (χ3v) is 3.04. The van der Waals surface area contributed by atoms with E-state index in [1.165, 1.54) is 0 Å². The van der Waals surface area contributed by atoms with Gasteiger partial charge in [0, 0.05) is 5.88 Å². The van der Waals surface area contributed by atoms with E-state index >= 15 is 0 Å². The Morgan fingerprint density at radius 3 is 2.53 bits per heavy atom. The van der Waals surface area contributed by atoms with Crippen LogP contribution in [0.1, 0.15) is 16.7 Å². The minimum atomic E-state index is 0.402. The second-order valence-corrected chi connectivity index (χ2v) is 4.49. The molecule has 0 saturated heterocycles. The number of benzene rings is 2. The Hall–Kier alpha value is -1.98. The molecule has 0 N–H and O–H groups in total. The summed E-state index contributed by atoms with van der Waals surface area (Å²) in [4.78, 5) is 0. The Balaban J connectivity index is 2.01. The number of halogens is 1. The molecule has 96 valence electrons. The molecule has 0 bridgehead atoms. The van der Waals surface area contributed by atoms with Crippen molar-refractivity contribution in [2.45, 2.75) is 18.9 Å². The highest BCUT2D eigenvalue weighted by atomic mass is 35.5. The fourth-order valence-electron chi connectivity index (χ4n) is 1.81. The molecule has 0 spiro atoms. The first-order valence-corrected chi connectivity index (χ1v) is 6.58. The monoisotopic (exact) mass is 271 g/mol. The standard InChI is InChI=1S/C16H14ClNO/c17-11-14-4-1-5-15(9-14)12-19-16-6-2-3-13(10-16)7-8-18/h1-6,9-10H,7,11-12H2. The third-order valence-electron chi connectivity index (χ3n) is 2.73. The molecule has 2 rings (SSSR count). The highest BCUT2D eigenvalue weighted by molar-refractivity contribution is 6.17. The Morgan fingerprint density at radius 2 is 1.74 bits per heavy atom. The molecule has 3 heteroatoms. The van der Waals surface area contributed by atoms with E-state index < -0.39 is 0 Å². The van der Waals surface area contributed by atoms with Crippen LogP contribution in [0, 0.1) is 11.3 Å². The molecule has 0 aliphatic heterocycles. The Morgan fingerprint density at radius 1 is 1.00 bits per heavy atom. The van der Waals surface area contributed by atoms with Crippen LogP contribution in [0.15, 0.2) is 48.5 Å². The molecule has 0 heterocycles. The van der Waals surface area contributed by atoms with Crippen LogP contribution >= 0.6 is 11.6 Å². The lowest BCUT2D eigenvalue weighted by atomic mass is 10.1. The van der Waals surface area contributed by atoms with Gasteiger partial charge in [-0.05, 0) is 28.8 Å². The molecule has 0 atom stereocenters. The molecule has 0 aliphatic carbocycles. The quantitative estimate of drug-likeness (QED) is 0.768. The van der Waals surface area contributed by atoms with E-state index in [9.17, 15) is 0 Å². The van der Waals surface area contributed by atoms with Gasteiger partial charge in [-0.2, -0.15) is 5.26 Å². The summed E-state index contributed by atoms with van der Waals surface area (Å²) in [7, 11) is 0. The fourth-order valence-corrected chi connectivity index (χ4v) is 1.97. The van der Waals surface area contributed by atoms with E-state index in [1.54, 1.807) is 0 Å². The molecular weight excluding hydrogens is 258 g/mol. The first-order chi connectivity index (χ1) is 9.31. The van der Waals surface area contributed by atoms with Crippen molar-refractivity contribution in [1.29, 1.82) is 5.26 Å². The van der Waals surface area contributed by atoms with Gasteiger partial charge < -0.3 is 4.74 Å². The fraction of sp³-hybridized carbons (Fsp3) is 0.188. The van der Waals surface area contributed by atoms with Crippen molar-refractivity contribution in [3.05, 3.63) is 65.2 Å². The minimum Gasteiger partial charge on any atom is -0.489 e. The first-order valence-electron chi connectivity index (χ1n) is 6.04. The van der Waals surface area contributed by atoms with Crippen LogP contribution in [-0.2, 0) is 18.9 Å². The Labute approximate surface area is 118 Å². The summed E-state index contributed by atoms with van der Waals surface area (Å²) in [5, 5.41) is 8.67. The molecule has 19 heavy (non-hydrogen) atoms. The summed E-state index contributed by atoms with van der Waals surface area (Å²) in [6, 6.07) is 17.8. The van der Waals surface area contributed by atoms with Gasteiger partial charge in [0.1, 0.15) is 12.4 Å². The van der Waals surface area contributed by atoms with Crippen LogP contribution in [0.5, 0.6) is 5.75 Å². The van der Waals surface area contributed by atoms with Gasteiger partial charge in [-0.3, -0.25) is 0 Å². The molecule has 2 aromatic rings. The van der Waals surface area contributed by atoms with Gasteiger partial charge in [0.05, 0.1) is 12.5 Å². The van der Waals surface area contributed by atoms with E-state index in [-0.39, 0.29) is 0 Å². The van der Waals surface area contributed by atoms with Crippen LogP contribution in [0.4, 0.5) is 0 Å². The van der Waals surface area contributed by atoms with E-state index in [2.05, 4.69) is 6.07 Å². The van der Waals surface area contributed by atoms with Crippen molar-refractivity contribution in [2.75, 3.05) is 0 Å². The van der Waals surface area contributed by atoms with Crippen LogP contribution < -0.4 is 4.74 Å². The summed E-state index contributed by atoms with van der Waals surface area (Å²) in [5.74, 6) is 1.29. The van der Waals surface area contributed by atoms with Crippen LogP contribution in [0.25, 0.3) is 0 Å². The van der Waals surface area contributed by atoms with Crippen LogP contribution in [0.2, 0.25) is 0 Å². The van der Waals surface area contributed by atoms with Gasteiger partial charge >= 0.3 is 0 Å². The lowest BCUT2D eigenvalue weighted by molar-refractivity contribution is 0.306. The molecule has 0 unspecified atom stereocenters. The molecule has 0 aliphatic rings. The first kappa shape index (κ1) is 13.5. The van der Waals surface area contributed by atoms with Gasteiger partial charge in [0.15, 0.2) is 0 Å². The topological polar surface area (TPSA) is 33.0 Å². The van der Waals surface area contributed by atoms with E-state index in [0.717, 1.165) is 22.4 Å². The van der Waals surface area contributed by atoms with E-state index in [4.69, 9.17) is 21.6 Å². The number of rotatable bonds is 5. The Kier molecular flexibility index (Phi) is 4.83. The SMILES string of the molecule is N#CCc1cccc(OCc2cccc(CCl)c2)c1. The molecule has 2 aromatic carbocycles. The molecular formula is C16H14ClNO. The number of hydrogen-bond donors (Lipinski definition) is 0. The minimum absolute atomic E-state index is 0.402. The van der Waals surface area contributed by atoms with E-state index in [0.29, 0.717) is 18.9 Å². The maximum atomic E-state index is 8.67. The third kappa shape index (κ3) is 4.01. The smallest absolute Gasteiger partial charge is 0.120 e. The predicted molar refractivity (Wildman–Crippen MR) is 76.1 cm³/mol. The zero-order chi connectivity index (χ0) is 13.5. The second-order valence-electron chi connectivity index (χ2n) is 4.22. The lowest BCUT2D eigenvalue weighted by Crippen LogP contribution is -1.96. The zero-order valence-electron chi connectivity index (χ0n) is 10.5. The zero-order valence-corrected chi connectivity index (χ0v) is 11.2. The average molecular weight is 272 g/mol. The van der Waals surface area contributed by atoms with Crippen molar-refractivity contribution < 1.29 is 4.74 Å². The van der Waals surface area contributed by atoms with Gasteiger partial charge in [-0.1, -0.05) is 36.4 Å². The van der Waals surface area contributed by atoms with Gasteiger partial charge in [0.2, 0.25) is 0 Å². The van der Waals surface area contributed by atoms with Gasteiger partial charge in [0.25, 0.3) is 0 Å². The number of hydrogen-bond acceptors (Lipinski definition) is 2. The van der Waals surface area contributed by atoms with Crippen molar-refractivity contribution in [1.82, 2.24) is 0 Å². The highest BCUT2D eigenvalue weighted by Gasteiger charge is 1.99. The number of nitrogens with zero attached hydrogens (tertiary/aromatic N) is 1. The largest absolute Gasteiger partial charge is 0.489 e. The molecule has 0 radical (unpaired) electrons. The number of ether oxygens (including phenoxy) is 1. The lowest BCUT2D eigenvalue weighted by Gasteiger charge is -2.08. The average Bonchev–Trinajstić information content (AvgIpc) is 2.46. The van der Waals surface area contributed by atoms with Crippen molar-refractivity contribution in [2.24, 2.45) is 0 Å². The highest BCUT2D eigenvalue weighted by Crippen LogP contribution is 2.16. The summed E-state index contributed by atoms with van der Waals surface area (Å²) in [6.07, 6.45) is 0.402. The second kappa shape index (κ2) is 6.82. The molecule has 0 amide bonds. The number of alkyl halides is 1. The molecule has 0 fully saturated rings.